The van der Waals surface area contributed by atoms with Gasteiger partial charge in [0.25, 0.3) is 0 Å². The zero-order chi connectivity index (χ0) is 44.2. The largest absolute Gasteiger partial charge is 0.508 e. The summed E-state index contributed by atoms with van der Waals surface area (Å²) in [6.07, 6.45) is 2.81. The number of benzene rings is 3. The number of nitrogens with one attached hydrogen (secondary N) is 2. The number of hydrogen-bond donors (Lipinski definition) is 9. The molecule has 16 heteroatoms. The predicted octanol–water partition coefficient (Wildman–Crippen LogP) is 3.77. The molecule has 0 saturated heterocycles. The number of aromatic hydroxyl groups is 2. The van der Waals surface area contributed by atoms with Crippen molar-refractivity contribution in [3.05, 3.63) is 93.5 Å². The van der Waals surface area contributed by atoms with Crippen molar-refractivity contribution < 1.29 is 42.1 Å². The van der Waals surface area contributed by atoms with Crippen molar-refractivity contribution >= 4 is 35.7 Å². The summed E-state index contributed by atoms with van der Waals surface area (Å²) in [6, 6.07) is 13.9. The van der Waals surface area contributed by atoms with Crippen molar-refractivity contribution in [2.75, 3.05) is 13.1 Å². The van der Waals surface area contributed by atoms with E-state index in [1.54, 1.807) is 52.0 Å². The normalized spacial score (nSPS) is 12.6. The second kappa shape index (κ2) is 24.5. The first-order valence-electron chi connectivity index (χ1n) is 19.5. The molecular weight excluding hydrogens is 757 g/mol. The van der Waals surface area contributed by atoms with Crippen molar-refractivity contribution in [2.24, 2.45) is 44.8 Å². The quantitative estimate of drug-likeness (QED) is 0.0341. The average molecular weight is 823 g/mol. The molecule has 13 N–H and O–H groups in total. The molecule has 16 nitrogen and oxygen atoms in total. The number of phenolic OH excluding ortho intramolecular Hbond substituents is 2. The van der Waals surface area contributed by atoms with Gasteiger partial charge in [0.05, 0.1) is 0 Å². The van der Waals surface area contributed by atoms with Crippen LogP contribution in [0.25, 0.3) is 0 Å². The maximum atomic E-state index is 13.0. The number of hydrogen-bond acceptors (Lipinski definition) is 9. The van der Waals surface area contributed by atoms with Crippen LogP contribution in [0.1, 0.15) is 81.3 Å². The lowest BCUT2D eigenvalue weighted by Gasteiger charge is -2.22. The average Bonchev–Trinajstić information content (AvgIpc) is 3.15. The van der Waals surface area contributed by atoms with Gasteiger partial charge in [-0.25, -0.2) is 9.59 Å². The van der Waals surface area contributed by atoms with E-state index in [0.29, 0.717) is 38.8 Å². The number of phenols is 2. The Morgan fingerprint density at radius 1 is 0.678 bits per heavy atom. The van der Waals surface area contributed by atoms with Crippen LogP contribution in [0, 0.1) is 39.5 Å². The first-order valence-corrected chi connectivity index (χ1v) is 19.5. The number of ether oxygens (including phenoxy) is 1. The molecule has 0 fully saturated rings. The number of carboxylic acids is 1. The summed E-state index contributed by atoms with van der Waals surface area (Å²) in [7, 11) is 0. The number of aliphatic carboxylic acids is 1. The SMILES string of the molecule is Cc1cc(O)cc(C)c1C[C@H](NC(=O)[C@H](C)CCCN=C(N)N)C(=O)O.Cc1cc(O)cc(C)c1C[C@H](NC(=O)[C@H](C)CCCN=C(N)N)C(=O)OCc1ccccc1.[HH].[HH]. The third-order valence-corrected chi connectivity index (χ3v) is 9.69. The summed E-state index contributed by atoms with van der Waals surface area (Å²) in [5.74, 6) is -2.53. The number of rotatable bonds is 20. The number of carbonyl (C=O) groups is 4. The number of carboxylic acid groups (broad SMARTS) is 1. The van der Waals surface area contributed by atoms with Gasteiger partial charge in [-0.05, 0) is 117 Å². The van der Waals surface area contributed by atoms with E-state index in [-0.39, 0.29) is 69.4 Å². The van der Waals surface area contributed by atoms with Crippen LogP contribution in [0.5, 0.6) is 11.5 Å². The van der Waals surface area contributed by atoms with E-state index < -0.39 is 24.0 Å². The Kier molecular flexibility index (Phi) is 20.2. The van der Waals surface area contributed by atoms with Crippen LogP contribution < -0.4 is 33.6 Å². The summed E-state index contributed by atoms with van der Waals surface area (Å²) >= 11 is 0. The number of nitrogens with zero attached hydrogens (tertiary/aromatic N) is 2. The molecule has 0 saturated carbocycles. The van der Waals surface area contributed by atoms with E-state index >= 15 is 0 Å². The van der Waals surface area contributed by atoms with E-state index in [4.69, 9.17) is 27.7 Å². The summed E-state index contributed by atoms with van der Waals surface area (Å²) < 4.78 is 5.52. The molecule has 0 bridgehead atoms. The molecule has 0 unspecified atom stereocenters. The van der Waals surface area contributed by atoms with E-state index in [9.17, 15) is 34.5 Å². The molecule has 59 heavy (non-hydrogen) atoms. The van der Waals surface area contributed by atoms with Gasteiger partial charge in [0.1, 0.15) is 30.2 Å². The third-order valence-electron chi connectivity index (χ3n) is 9.69. The molecule has 3 rings (SSSR count). The summed E-state index contributed by atoms with van der Waals surface area (Å²) in [5.41, 5.74) is 26.9. The van der Waals surface area contributed by atoms with Gasteiger partial charge < -0.3 is 53.6 Å². The minimum Gasteiger partial charge on any atom is -0.508 e. The van der Waals surface area contributed by atoms with E-state index in [0.717, 1.165) is 38.9 Å². The lowest BCUT2D eigenvalue weighted by molar-refractivity contribution is -0.149. The van der Waals surface area contributed by atoms with Gasteiger partial charge in [-0.1, -0.05) is 44.2 Å². The smallest absolute Gasteiger partial charge is 0.329 e. The van der Waals surface area contributed by atoms with Gasteiger partial charge in [0.15, 0.2) is 11.9 Å². The fourth-order valence-electron chi connectivity index (χ4n) is 6.32. The molecule has 0 aliphatic rings. The minimum atomic E-state index is -1.10. The van der Waals surface area contributed by atoms with E-state index in [2.05, 4.69) is 20.6 Å². The summed E-state index contributed by atoms with van der Waals surface area (Å²) in [6.45, 7) is 11.8. The van der Waals surface area contributed by atoms with Crippen molar-refractivity contribution in [2.45, 2.75) is 98.8 Å². The Balaban J connectivity index is 0.00000117. The van der Waals surface area contributed by atoms with Crippen LogP contribution in [0.2, 0.25) is 0 Å². The van der Waals surface area contributed by atoms with Crippen LogP contribution in [0.3, 0.4) is 0 Å². The van der Waals surface area contributed by atoms with Crippen LogP contribution in [0.15, 0.2) is 64.6 Å². The molecule has 0 aromatic heterocycles. The molecular formula is C43H66N8O8. The number of esters is 1. The molecule has 3 aromatic rings. The third kappa shape index (κ3) is 17.8. The lowest BCUT2D eigenvalue weighted by atomic mass is 9.95. The minimum absolute atomic E-state index is 0. The number of nitrogens with two attached hydrogens (primary N) is 4. The van der Waals surface area contributed by atoms with Crippen LogP contribution >= 0.6 is 0 Å². The molecule has 2 amide bonds. The summed E-state index contributed by atoms with van der Waals surface area (Å²) in [5, 5.41) is 34.4. The molecule has 326 valence electrons. The Hall–Kier alpha value is -6.32. The van der Waals surface area contributed by atoms with Gasteiger partial charge in [0, 0.05) is 40.6 Å². The van der Waals surface area contributed by atoms with E-state index in [1.807, 2.05) is 44.2 Å². The topological polar surface area (TPSA) is 291 Å². The zero-order valence-electron chi connectivity index (χ0n) is 35.0. The van der Waals surface area contributed by atoms with Gasteiger partial charge in [-0.2, -0.15) is 0 Å². The Labute approximate surface area is 349 Å². The molecule has 0 aliphatic carbocycles. The highest BCUT2D eigenvalue weighted by molar-refractivity contribution is 5.86. The van der Waals surface area contributed by atoms with Crippen molar-refractivity contribution in [1.29, 1.82) is 0 Å². The van der Waals surface area contributed by atoms with Crippen LogP contribution in [-0.2, 0) is 43.4 Å². The van der Waals surface area contributed by atoms with Gasteiger partial charge in [-0.3, -0.25) is 19.6 Å². The molecule has 3 aromatic carbocycles. The molecule has 0 spiro atoms. The lowest BCUT2D eigenvalue weighted by Crippen LogP contribution is -2.45. The molecule has 0 radical (unpaired) electrons. The Morgan fingerprint density at radius 3 is 1.46 bits per heavy atom. The van der Waals surface area contributed by atoms with Crippen LogP contribution in [-0.4, -0.2) is 76.2 Å². The Morgan fingerprint density at radius 2 is 1.07 bits per heavy atom. The van der Waals surface area contributed by atoms with E-state index in [1.165, 1.54) is 0 Å². The highest BCUT2D eigenvalue weighted by atomic mass is 16.5. The predicted molar refractivity (Wildman–Crippen MR) is 233 cm³/mol. The standard InChI is InChI=1S/C25H34N4O4.C18H28N4O4.2H2/c1-16(8-7-11-28-25(26)27)23(31)29-22(14-21-17(2)12-20(30)13-18(21)3)24(32)33-15-19-9-5-4-6-10-19;1-10(5-4-6-21-18(19)20)16(24)22-15(17(25)26)9-14-11(2)7-13(23)8-12(14)3;;/h4-6,9-10,12-13,16,22,30H,7-8,11,14-15H2,1-3H3,(H,29,31)(H4,26,27,28);7-8,10,15,23H,4-6,9H2,1-3H3,(H,22,24)(H,25,26)(H4,19,20,21);2*1H/t16-,22+;10-,15+;;/m11../s1. The fourth-order valence-corrected chi connectivity index (χ4v) is 6.32. The highest BCUT2D eigenvalue weighted by Gasteiger charge is 2.27. The van der Waals surface area contributed by atoms with Crippen molar-refractivity contribution in [1.82, 2.24) is 10.6 Å². The number of aryl methyl sites for hydroxylation is 4. The second-order valence-electron chi connectivity index (χ2n) is 14.8. The number of carbonyl (C=O) groups excluding carboxylic acids is 3. The monoisotopic (exact) mass is 823 g/mol. The number of guanidine groups is 2. The zero-order valence-corrected chi connectivity index (χ0v) is 35.0. The van der Waals surface area contributed by atoms with Crippen molar-refractivity contribution in [3.63, 3.8) is 0 Å². The Bertz CT molecular complexity index is 1890. The first kappa shape index (κ1) is 48.8. The summed E-state index contributed by atoms with van der Waals surface area (Å²) in [4.78, 5) is 57.5. The van der Waals surface area contributed by atoms with Gasteiger partial charge in [0.2, 0.25) is 11.8 Å². The number of amides is 2. The second-order valence-corrected chi connectivity index (χ2v) is 14.8. The molecule has 0 aliphatic heterocycles. The van der Waals surface area contributed by atoms with Gasteiger partial charge >= 0.3 is 11.9 Å². The van der Waals surface area contributed by atoms with Crippen molar-refractivity contribution in [3.8, 4) is 11.5 Å². The maximum absolute atomic E-state index is 13.0. The maximum Gasteiger partial charge on any atom is 0.329 e. The number of aliphatic imine (C=N–C) groups is 2. The molecule has 0 heterocycles. The highest BCUT2D eigenvalue weighted by Crippen LogP contribution is 2.24. The van der Waals surface area contributed by atoms with Gasteiger partial charge in [-0.15, -0.1) is 0 Å². The first-order chi connectivity index (χ1) is 27.8. The van der Waals surface area contributed by atoms with Crippen LogP contribution in [0.4, 0.5) is 0 Å². The fraction of sp³-hybridized carbons (Fsp3) is 0.442. The molecule has 4 atom stereocenters.